The predicted octanol–water partition coefficient (Wildman–Crippen LogP) is 8.65. The molecule has 0 aromatic heterocycles. The maximum absolute atomic E-state index is 11.6. The second-order valence-corrected chi connectivity index (χ2v) is 7.62. The van der Waals surface area contributed by atoms with Gasteiger partial charge in [-0.3, -0.25) is 4.79 Å². The fourth-order valence-electron chi connectivity index (χ4n) is 2.89. The van der Waals surface area contributed by atoms with Gasteiger partial charge in [0.15, 0.2) is 0 Å². The second-order valence-electron chi connectivity index (χ2n) is 7.62. The van der Waals surface area contributed by atoms with Crippen LogP contribution in [0.4, 0.5) is 0 Å². The number of allylic oxidation sites excluding steroid dienone is 8. The van der Waals surface area contributed by atoms with E-state index in [0.717, 1.165) is 38.5 Å². The molecule has 0 fully saturated rings. The lowest BCUT2D eigenvalue weighted by Gasteiger charge is -2.04. The van der Waals surface area contributed by atoms with Gasteiger partial charge in [-0.25, -0.2) is 0 Å². The zero-order chi connectivity index (χ0) is 21.3. The first-order valence-corrected chi connectivity index (χ1v) is 12.1. The number of rotatable bonds is 20. The third-order valence-electron chi connectivity index (χ3n) is 4.72. The van der Waals surface area contributed by atoms with E-state index in [-0.39, 0.29) is 5.97 Å². The van der Waals surface area contributed by atoms with Gasteiger partial charge in [0.1, 0.15) is 0 Å². The van der Waals surface area contributed by atoms with Crippen LogP contribution in [-0.4, -0.2) is 12.6 Å². The molecule has 0 aromatic carbocycles. The molecular weight excluding hydrogens is 356 g/mol. The van der Waals surface area contributed by atoms with E-state index in [0.29, 0.717) is 13.0 Å². The fraction of sp³-hybridized carbons (Fsp3) is 0.667. The van der Waals surface area contributed by atoms with Crippen LogP contribution in [0.5, 0.6) is 0 Å². The monoisotopic (exact) mass is 402 g/mol. The van der Waals surface area contributed by atoms with Gasteiger partial charge in [0.05, 0.1) is 6.61 Å². The van der Waals surface area contributed by atoms with Crippen molar-refractivity contribution in [2.24, 2.45) is 0 Å². The highest BCUT2D eigenvalue weighted by molar-refractivity contribution is 5.69. The van der Waals surface area contributed by atoms with Gasteiger partial charge in [-0.1, -0.05) is 101 Å². The molecule has 0 aliphatic carbocycles. The Morgan fingerprint density at radius 1 is 0.586 bits per heavy atom. The molecule has 0 heterocycles. The molecule has 0 atom stereocenters. The molecule has 166 valence electrons. The normalized spacial score (nSPS) is 12.2. The topological polar surface area (TPSA) is 26.3 Å². The van der Waals surface area contributed by atoms with E-state index in [9.17, 15) is 4.79 Å². The Kier molecular flexibility index (Phi) is 23.1. The molecule has 0 unspecified atom stereocenters. The van der Waals surface area contributed by atoms with Gasteiger partial charge in [-0.2, -0.15) is 0 Å². The van der Waals surface area contributed by atoms with Gasteiger partial charge in [-0.15, -0.1) is 0 Å². The smallest absolute Gasteiger partial charge is 0.305 e. The van der Waals surface area contributed by atoms with Gasteiger partial charge >= 0.3 is 5.97 Å². The zero-order valence-corrected chi connectivity index (χ0v) is 19.2. The Morgan fingerprint density at radius 2 is 1.07 bits per heavy atom. The van der Waals surface area contributed by atoms with E-state index >= 15 is 0 Å². The third kappa shape index (κ3) is 24.4. The highest BCUT2D eigenvalue weighted by Crippen LogP contribution is 2.05. The van der Waals surface area contributed by atoms with Gasteiger partial charge in [-0.05, 0) is 51.4 Å². The summed E-state index contributed by atoms with van der Waals surface area (Å²) in [5.41, 5.74) is 0. The standard InChI is InChI=1S/C27H46O2/c1-3-5-7-9-10-11-12-13-14-15-16-17-18-19-20-21-23-25-27(28)29-26-24-22-8-6-4-2/h10-11,13-14,16-17,19-20H,3-9,12,15,18,21-26H2,1-2H3/b11-10-,14-13-,17-16-,20-19-. The van der Waals surface area contributed by atoms with Crippen molar-refractivity contribution in [3.63, 3.8) is 0 Å². The van der Waals surface area contributed by atoms with E-state index in [1.807, 2.05) is 0 Å². The molecule has 0 saturated carbocycles. The molecular formula is C27H46O2. The number of hydrogen-bond donors (Lipinski definition) is 0. The van der Waals surface area contributed by atoms with Crippen LogP contribution in [0.25, 0.3) is 0 Å². The van der Waals surface area contributed by atoms with E-state index in [2.05, 4.69) is 62.5 Å². The number of ether oxygens (including phenoxy) is 1. The molecule has 0 radical (unpaired) electrons. The van der Waals surface area contributed by atoms with E-state index in [4.69, 9.17) is 4.74 Å². The zero-order valence-electron chi connectivity index (χ0n) is 19.2. The van der Waals surface area contributed by atoms with Gasteiger partial charge in [0.25, 0.3) is 0 Å². The highest BCUT2D eigenvalue weighted by atomic mass is 16.5. The number of hydrogen-bond acceptors (Lipinski definition) is 2. The van der Waals surface area contributed by atoms with E-state index < -0.39 is 0 Å². The lowest BCUT2D eigenvalue weighted by Crippen LogP contribution is -2.05. The van der Waals surface area contributed by atoms with Crippen LogP contribution < -0.4 is 0 Å². The summed E-state index contributed by atoms with van der Waals surface area (Å²) in [5.74, 6) is -0.0450. The maximum Gasteiger partial charge on any atom is 0.305 e. The fourth-order valence-corrected chi connectivity index (χ4v) is 2.89. The Hall–Kier alpha value is -1.57. The van der Waals surface area contributed by atoms with Crippen molar-refractivity contribution in [1.29, 1.82) is 0 Å². The number of carbonyl (C=O) groups excluding carboxylic acids is 1. The minimum atomic E-state index is -0.0450. The first-order chi connectivity index (χ1) is 14.3. The molecule has 0 bridgehead atoms. The van der Waals surface area contributed by atoms with Gasteiger partial charge in [0, 0.05) is 6.42 Å². The Labute approximate surface area is 181 Å². The number of unbranched alkanes of at least 4 members (excludes halogenated alkanes) is 8. The lowest BCUT2D eigenvalue weighted by atomic mass is 10.2. The first-order valence-electron chi connectivity index (χ1n) is 12.1. The summed E-state index contributed by atoms with van der Waals surface area (Å²) in [6.45, 7) is 5.04. The van der Waals surface area contributed by atoms with Crippen LogP contribution in [0.1, 0.15) is 110 Å². The van der Waals surface area contributed by atoms with Gasteiger partial charge < -0.3 is 4.74 Å². The summed E-state index contributed by atoms with van der Waals surface area (Å²) in [4.78, 5) is 11.6. The summed E-state index contributed by atoms with van der Waals surface area (Å²) in [7, 11) is 0. The maximum atomic E-state index is 11.6. The molecule has 0 rings (SSSR count). The highest BCUT2D eigenvalue weighted by Gasteiger charge is 2.01. The summed E-state index contributed by atoms with van der Waals surface area (Å²) < 4.78 is 5.27. The molecule has 0 amide bonds. The number of esters is 1. The quantitative estimate of drug-likeness (QED) is 0.116. The van der Waals surface area contributed by atoms with Crippen LogP contribution in [0.3, 0.4) is 0 Å². The van der Waals surface area contributed by atoms with Crippen LogP contribution in [-0.2, 0) is 9.53 Å². The molecule has 2 nitrogen and oxygen atoms in total. The van der Waals surface area contributed by atoms with Crippen molar-refractivity contribution in [3.8, 4) is 0 Å². The Morgan fingerprint density at radius 3 is 1.66 bits per heavy atom. The van der Waals surface area contributed by atoms with Crippen LogP contribution >= 0.6 is 0 Å². The second kappa shape index (κ2) is 24.5. The van der Waals surface area contributed by atoms with Crippen molar-refractivity contribution in [2.75, 3.05) is 6.61 Å². The average molecular weight is 403 g/mol. The lowest BCUT2D eigenvalue weighted by molar-refractivity contribution is -0.143. The van der Waals surface area contributed by atoms with Crippen molar-refractivity contribution in [3.05, 3.63) is 48.6 Å². The molecule has 29 heavy (non-hydrogen) atoms. The van der Waals surface area contributed by atoms with Crippen molar-refractivity contribution < 1.29 is 9.53 Å². The van der Waals surface area contributed by atoms with Crippen LogP contribution in [0.2, 0.25) is 0 Å². The van der Waals surface area contributed by atoms with E-state index in [1.165, 1.54) is 51.4 Å². The molecule has 0 N–H and O–H groups in total. The van der Waals surface area contributed by atoms with Crippen molar-refractivity contribution >= 4 is 5.97 Å². The molecule has 2 heteroatoms. The summed E-state index contributed by atoms with van der Waals surface area (Å²) in [5, 5.41) is 0. The van der Waals surface area contributed by atoms with Crippen LogP contribution in [0.15, 0.2) is 48.6 Å². The number of carbonyl (C=O) groups is 1. The minimum Gasteiger partial charge on any atom is -0.466 e. The summed E-state index contributed by atoms with van der Waals surface area (Å²) in [6, 6.07) is 0. The van der Waals surface area contributed by atoms with Crippen molar-refractivity contribution in [1.82, 2.24) is 0 Å². The Balaban J connectivity index is 3.43. The summed E-state index contributed by atoms with van der Waals surface area (Å²) >= 11 is 0. The molecule has 0 aliphatic rings. The van der Waals surface area contributed by atoms with Crippen molar-refractivity contribution in [2.45, 2.75) is 110 Å². The molecule has 0 spiro atoms. The van der Waals surface area contributed by atoms with Gasteiger partial charge in [0.2, 0.25) is 0 Å². The molecule has 0 saturated heterocycles. The molecule has 0 aromatic rings. The van der Waals surface area contributed by atoms with Crippen LogP contribution in [0, 0.1) is 0 Å². The Bertz CT molecular complexity index is 457. The SMILES string of the molecule is CCCCC/C=C\C/C=C\C/C=C\C/C=C\CCCC(=O)OCCCCCCC. The summed E-state index contributed by atoms with van der Waals surface area (Å²) in [6.07, 6.45) is 34.3. The predicted molar refractivity (Wildman–Crippen MR) is 128 cm³/mol. The average Bonchev–Trinajstić information content (AvgIpc) is 2.73. The largest absolute Gasteiger partial charge is 0.466 e. The van der Waals surface area contributed by atoms with E-state index in [1.54, 1.807) is 0 Å². The first kappa shape index (κ1) is 27.4. The minimum absolute atomic E-state index is 0.0450. The molecule has 0 aliphatic heterocycles. The third-order valence-corrected chi connectivity index (χ3v) is 4.72.